The minimum atomic E-state index is -0.666. The van der Waals surface area contributed by atoms with E-state index in [9.17, 15) is 14.9 Å². The van der Waals surface area contributed by atoms with Crippen molar-refractivity contribution in [3.05, 3.63) is 57.6 Å². The van der Waals surface area contributed by atoms with Crippen LogP contribution in [0, 0.1) is 10.1 Å². The molecule has 7 heteroatoms. The Morgan fingerprint density at radius 1 is 1.19 bits per heavy atom. The Morgan fingerprint density at radius 3 is 2.54 bits per heavy atom. The monoisotopic (exact) mass is 354 g/mol. The van der Waals surface area contributed by atoms with E-state index in [4.69, 9.17) is 4.42 Å². The molecule has 0 aliphatic heterocycles. The van der Waals surface area contributed by atoms with Gasteiger partial charge in [-0.2, -0.15) is 0 Å². The van der Waals surface area contributed by atoms with Crippen molar-refractivity contribution in [2.24, 2.45) is 0 Å². The van der Waals surface area contributed by atoms with Gasteiger partial charge in [-0.3, -0.25) is 10.1 Å². The molecule has 3 aromatic rings. The molecule has 0 saturated carbocycles. The highest BCUT2D eigenvalue weighted by atomic mass is 16.6. The predicted molar refractivity (Wildman–Crippen MR) is 96.1 cm³/mol. The van der Waals surface area contributed by atoms with Crippen molar-refractivity contribution in [3.63, 3.8) is 0 Å². The number of hydrogen-bond acceptors (Lipinski definition) is 6. The molecule has 134 valence electrons. The summed E-state index contributed by atoms with van der Waals surface area (Å²) >= 11 is 0. The largest absolute Gasteiger partial charge is 0.465 e. The lowest BCUT2D eigenvalue weighted by molar-refractivity contribution is -0.384. The van der Waals surface area contributed by atoms with Crippen molar-refractivity contribution < 1.29 is 18.9 Å². The zero-order valence-corrected chi connectivity index (χ0v) is 14.9. The first-order valence-corrected chi connectivity index (χ1v) is 7.98. The van der Waals surface area contributed by atoms with Crippen molar-refractivity contribution >= 4 is 22.8 Å². The number of non-ortho nitro benzene ring substituents is 1. The predicted octanol–water partition coefficient (Wildman–Crippen LogP) is 4.49. The molecule has 26 heavy (non-hydrogen) atoms. The maximum Gasteiger partial charge on any atom is 0.338 e. The zero-order chi connectivity index (χ0) is 19.1. The number of rotatable bonds is 3. The average molecular weight is 354 g/mol. The Hall–Kier alpha value is -3.22. The van der Waals surface area contributed by atoms with E-state index in [1.54, 1.807) is 0 Å². The van der Waals surface area contributed by atoms with Gasteiger partial charge in [-0.25, -0.2) is 9.78 Å². The number of methoxy groups -OCH3 is 1. The van der Waals surface area contributed by atoms with Gasteiger partial charge >= 0.3 is 5.97 Å². The fourth-order valence-corrected chi connectivity index (χ4v) is 2.59. The molecule has 0 N–H and O–H groups in total. The number of fused-ring (bicyclic) bond motifs is 1. The molecular weight excluding hydrogens is 336 g/mol. The Labute approximate surface area is 149 Å². The van der Waals surface area contributed by atoms with E-state index in [2.05, 4.69) is 30.5 Å². The number of nitrogens with zero attached hydrogens (tertiary/aromatic N) is 2. The van der Waals surface area contributed by atoms with Gasteiger partial charge in [0.05, 0.1) is 17.6 Å². The van der Waals surface area contributed by atoms with Crippen LogP contribution in [0.5, 0.6) is 0 Å². The summed E-state index contributed by atoms with van der Waals surface area (Å²) in [5.41, 5.74) is 2.44. The van der Waals surface area contributed by atoms with Crippen LogP contribution in [-0.4, -0.2) is 23.0 Å². The molecule has 0 aliphatic carbocycles. The Bertz CT molecular complexity index is 1010. The van der Waals surface area contributed by atoms with Crippen LogP contribution in [0.4, 0.5) is 5.69 Å². The van der Waals surface area contributed by atoms with Gasteiger partial charge in [0.2, 0.25) is 5.89 Å². The van der Waals surface area contributed by atoms with Gasteiger partial charge in [0, 0.05) is 17.7 Å². The molecule has 0 spiro atoms. The summed E-state index contributed by atoms with van der Waals surface area (Å²) in [5, 5.41) is 11.2. The quantitative estimate of drug-likeness (QED) is 0.391. The molecule has 1 heterocycles. The third-order valence-corrected chi connectivity index (χ3v) is 4.05. The summed E-state index contributed by atoms with van der Waals surface area (Å²) in [6, 6.07) is 9.67. The summed E-state index contributed by atoms with van der Waals surface area (Å²) < 4.78 is 10.4. The van der Waals surface area contributed by atoms with Crippen molar-refractivity contribution in [2.75, 3.05) is 7.11 Å². The minimum absolute atomic E-state index is 0.0448. The molecule has 0 saturated heterocycles. The topological polar surface area (TPSA) is 95.5 Å². The summed E-state index contributed by atoms with van der Waals surface area (Å²) in [6.45, 7) is 6.29. The number of hydrogen-bond donors (Lipinski definition) is 0. The molecule has 0 fully saturated rings. The van der Waals surface area contributed by atoms with Gasteiger partial charge in [-0.1, -0.05) is 26.8 Å². The summed E-state index contributed by atoms with van der Waals surface area (Å²) in [4.78, 5) is 26.8. The number of aromatic nitrogens is 1. The third kappa shape index (κ3) is 3.28. The first kappa shape index (κ1) is 17.6. The summed E-state index contributed by atoms with van der Waals surface area (Å²) in [6.07, 6.45) is 0. The van der Waals surface area contributed by atoms with Crippen molar-refractivity contribution in [1.82, 2.24) is 4.98 Å². The lowest BCUT2D eigenvalue weighted by Gasteiger charge is -2.18. The number of esters is 1. The van der Waals surface area contributed by atoms with Crippen molar-refractivity contribution in [2.45, 2.75) is 26.2 Å². The lowest BCUT2D eigenvalue weighted by Crippen LogP contribution is -2.10. The summed E-state index contributed by atoms with van der Waals surface area (Å²) in [5.74, 6) is -0.457. The number of nitro benzene ring substituents is 1. The number of oxazole rings is 1. The van der Waals surface area contributed by atoms with Crippen LogP contribution in [0.15, 0.2) is 40.8 Å². The van der Waals surface area contributed by atoms with E-state index in [1.807, 2.05) is 18.2 Å². The zero-order valence-electron chi connectivity index (χ0n) is 14.9. The molecule has 0 atom stereocenters. The molecule has 2 aromatic carbocycles. The second kappa shape index (κ2) is 6.25. The van der Waals surface area contributed by atoms with Gasteiger partial charge in [-0.05, 0) is 29.2 Å². The molecule has 0 radical (unpaired) electrons. The van der Waals surface area contributed by atoms with Gasteiger partial charge in [0.15, 0.2) is 5.58 Å². The highest BCUT2D eigenvalue weighted by Crippen LogP contribution is 2.31. The molecule has 0 aliphatic rings. The molecule has 0 bridgehead atoms. The number of benzene rings is 2. The van der Waals surface area contributed by atoms with E-state index >= 15 is 0 Å². The Balaban J connectivity index is 2.14. The fourth-order valence-electron chi connectivity index (χ4n) is 2.59. The number of ether oxygens (including phenoxy) is 1. The van der Waals surface area contributed by atoms with E-state index in [0.717, 1.165) is 11.6 Å². The molecule has 3 rings (SSSR count). The van der Waals surface area contributed by atoms with Crippen LogP contribution < -0.4 is 0 Å². The second-order valence-electron chi connectivity index (χ2n) is 6.97. The van der Waals surface area contributed by atoms with E-state index in [-0.39, 0.29) is 22.6 Å². The highest BCUT2D eigenvalue weighted by molar-refractivity contribution is 5.92. The molecule has 0 unspecified atom stereocenters. The average Bonchev–Trinajstić information content (AvgIpc) is 3.03. The van der Waals surface area contributed by atoms with Crippen LogP contribution in [0.1, 0.15) is 36.7 Å². The molecule has 1 aromatic heterocycles. The van der Waals surface area contributed by atoms with E-state index in [0.29, 0.717) is 16.7 Å². The number of carbonyl (C=O) groups is 1. The van der Waals surface area contributed by atoms with Gasteiger partial charge in [0.1, 0.15) is 5.52 Å². The lowest BCUT2D eigenvalue weighted by atomic mass is 9.87. The highest BCUT2D eigenvalue weighted by Gasteiger charge is 2.20. The van der Waals surface area contributed by atoms with Crippen LogP contribution in [-0.2, 0) is 10.2 Å². The maximum absolute atomic E-state index is 11.8. The smallest absolute Gasteiger partial charge is 0.338 e. The number of nitro groups is 1. The van der Waals surface area contributed by atoms with E-state index in [1.165, 1.54) is 19.2 Å². The van der Waals surface area contributed by atoms with Gasteiger partial charge < -0.3 is 9.15 Å². The Kier molecular flexibility index (Phi) is 4.23. The molecule has 7 nitrogen and oxygen atoms in total. The van der Waals surface area contributed by atoms with Crippen LogP contribution >= 0.6 is 0 Å². The first-order valence-electron chi connectivity index (χ1n) is 7.98. The maximum atomic E-state index is 11.8. The van der Waals surface area contributed by atoms with Crippen molar-refractivity contribution in [3.8, 4) is 11.5 Å². The first-order chi connectivity index (χ1) is 12.2. The van der Waals surface area contributed by atoms with Crippen LogP contribution in [0.2, 0.25) is 0 Å². The summed E-state index contributed by atoms with van der Waals surface area (Å²) in [7, 11) is 1.22. The van der Waals surface area contributed by atoms with E-state index < -0.39 is 10.9 Å². The standard InChI is InChI=1S/C19H18N2O5/c1-19(2,3)13-5-6-16-15(10-13)20-17(26-16)11-7-12(18(22)25-4)9-14(8-11)21(23)24/h5-10H,1-4H3. The Morgan fingerprint density at radius 2 is 1.92 bits per heavy atom. The molecular formula is C19H18N2O5. The fraction of sp³-hybridized carbons (Fsp3) is 0.263. The second-order valence-corrected chi connectivity index (χ2v) is 6.97. The van der Waals surface area contributed by atoms with Gasteiger partial charge in [-0.15, -0.1) is 0 Å². The minimum Gasteiger partial charge on any atom is -0.465 e. The van der Waals surface area contributed by atoms with Gasteiger partial charge in [0.25, 0.3) is 5.69 Å². The SMILES string of the molecule is COC(=O)c1cc(-c2nc3cc(C(C)(C)C)ccc3o2)cc([N+](=O)[O-])c1. The molecule has 0 amide bonds. The number of carbonyl (C=O) groups excluding carboxylic acids is 1. The van der Waals surface area contributed by atoms with Crippen molar-refractivity contribution in [1.29, 1.82) is 0 Å². The van der Waals surface area contributed by atoms with Crippen LogP contribution in [0.25, 0.3) is 22.6 Å². The normalized spacial score (nSPS) is 11.5. The third-order valence-electron chi connectivity index (χ3n) is 4.05. The van der Waals surface area contributed by atoms with Crippen LogP contribution in [0.3, 0.4) is 0 Å².